The summed E-state index contributed by atoms with van der Waals surface area (Å²) in [4.78, 5) is 0.382. The van der Waals surface area contributed by atoms with Crippen LogP contribution in [0.2, 0.25) is 0 Å². The third-order valence-electron chi connectivity index (χ3n) is 6.58. The van der Waals surface area contributed by atoms with Crippen LogP contribution < -0.4 is 9.47 Å². The lowest BCUT2D eigenvalue weighted by atomic mass is 10.0. The van der Waals surface area contributed by atoms with E-state index in [0.717, 1.165) is 11.1 Å². The number of rotatable bonds is 10. The van der Waals surface area contributed by atoms with Crippen molar-refractivity contribution in [2.24, 2.45) is 0 Å². The Labute approximate surface area is 222 Å². The average Bonchev–Trinajstić information content (AvgIpc) is 2.84. The molecule has 1 atom stereocenters. The molecule has 2 aromatic rings. The van der Waals surface area contributed by atoms with Crippen LogP contribution in [0, 0.1) is 0 Å². The van der Waals surface area contributed by atoms with Crippen LogP contribution in [0.15, 0.2) is 46.2 Å². The summed E-state index contributed by atoms with van der Waals surface area (Å²) in [7, 11) is -7.63. The lowest BCUT2D eigenvalue weighted by molar-refractivity contribution is 0.212. The van der Waals surface area contributed by atoms with Gasteiger partial charge in [-0.25, -0.2) is 16.8 Å². The van der Waals surface area contributed by atoms with E-state index in [4.69, 9.17) is 9.47 Å². The van der Waals surface area contributed by atoms with Gasteiger partial charge >= 0.3 is 0 Å². The van der Waals surface area contributed by atoms with Crippen LogP contribution in [-0.4, -0.2) is 64.3 Å². The largest absolute Gasteiger partial charge is 0.494 e. The van der Waals surface area contributed by atoms with E-state index >= 15 is 0 Å². The average molecular weight is 553 g/mol. The van der Waals surface area contributed by atoms with Crippen LogP contribution >= 0.6 is 0 Å². The Hall–Kier alpha value is -2.14. The van der Waals surface area contributed by atoms with Crippen molar-refractivity contribution >= 4 is 20.0 Å². The van der Waals surface area contributed by atoms with Crippen LogP contribution in [-0.2, 0) is 20.0 Å². The molecule has 0 aliphatic carbocycles. The second-order valence-electron chi connectivity index (χ2n) is 9.90. The van der Waals surface area contributed by atoms with Gasteiger partial charge in [-0.3, -0.25) is 0 Å². The number of hydrogen-bond donors (Lipinski definition) is 0. The van der Waals surface area contributed by atoms with E-state index in [2.05, 4.69) is 0 Å². The fraction of sp³-hybridized carbons (Fsp3) is 0.556. The maximum Gasteiger partial charge on any atom is 0.243 e. The molecule has 206 valence electrons. The smallest absolute Gasteiger partial charge is 0.243 e. The number of piperazine rings is 1. The van der Waals surface area contributed by atoms with Crippen LogP contribution in [0.25, 0.3) is 0 Å². The molecule has 37 heavy (non-hydrogen) atoms. The number of ether oxygens (including phenoxy) is 2. The van der Waals surface area contributed by atoms with Gasteiger partial charge in [-0.1, -0.05) is 27.7 Å². The van der Waals surface area contributed by atoms with Gasteiger partial charge in [-0.15, -0.1) is 0 Å². The number of benzene rings is 2. The Balaban J connectivity index is 1.86. The van der Waals surface area contributed by atoms with Gasteiger partial charge in [0.2, 0.25) is 20.0 Å². The van der Waals surface area contributed by atoms with E-state index in [1.807, 2.05) is 41.5 Å². The van der Waals surface area contributed by atoms with E-state index in [0.29, 0.717) is 24.7 Å². The van der Waals surface area contributed by atoms with Crippen molar-refractivity contribution in [1.29, 1.82) is 0 Å². The molecule has 1 saturated heterocycles. The summed E-state index contributed by atoms with van der Waals surface area (Å²) in [5.74, 6) is 1.52. The first-order chi connectivity index (χ1) is 17.3. The predicted molar refractivity (Wildman–Crippen MR) is 146 cm³/mol. The number of hydrogen-bond acceptors (Lipinski definition) is 6. The minimum atomic E-state index is -3.82. The van der Waals surface area contributed by atoms with Crippen molar-refractivity contribution < 1.29 is 26.3 Å². The maximum atomic E-state index is 13.6. The van der Waals surface area contributed by atoms with Crippen molar-refractivity contribution in [1.82, 2.24) is 8.61 Å². The highest BCUT2D eigenvalue weighted by molar-refractivity contribution is 7.89. The van der Waals surface area contributed by atoms with E-state index in [9.17, 15) is 16.8 Å². The summed E-state index contributed by atoms with van der Waals surface area (Å²) in [6, 6.07) is 9.35. The van der Waals surface area contributed by atoms with Crippen LogP contribution in [0.5, 0.6) is 11.5 Å². The molecule has 8 nitrogen and oxygen atoms in total. The quantitative estimate of drug-likeness (QED) is 0.420. The molecule has 2 aromatic carbocycles. The van der Waals surface area contributed by atoms with Crippen molar-refractivity contribution in [3.63, 3.8) is 0 Å². The second-order valence-corrected chi connectivity index (χ2v) is 13.7. The Morgan fingerprint density at radius 3 is 1.65 bits per heavy atom. The lowest BCUT2D eigenvalue weighted by Crippen LogP contribution is -2.55. The predicted octanol–water partition coefficient (Wildman–Crippen LogP) is 4.81. The third kappa shape index (κ3) is 6.13. The normalized spacial score (nSPS) is 17.9. The first-order valence-electron chi connectivity index (χ1n) is 12.9. The van der Waals surface area contributed by atoms with Crippen molar-refractivity contribution in [2.75, 3.05) is 32.8 Å². The topological polar surface area (TPSA) is 93.2 Å². The summed E-state index contributed by atoms with van der Waals surface area (Å²) in [5, 5.41) is 0. The Bertz CT molecular complexity index is 1310. The highest BCUT2D eigenvalue weighted by Gasteiger charge is 2.38. The zero-order valence-corrected chi connectivity index (χ0v) is 24.5. The van der Waals surface area contributed by atoms with Crippen molar-refractivity contribution in [3.8, 4) is 11.5 Å². The van der Waals surface area contributed by atoms with E-state index in [1.54, 1.807) is 43.3 Å². The fourth-order valence-corrected chi connectivity index (χ4v) is 7.81. The van der Waals surface area contributed by atoms with E-state index < -0.39 is 26.1 Å². The minimum Gasteiger partial charge on any atom is -0.494 e. The molecular weight excluding hydrogens is 512 g/mol. The van der Waals surface area contributed by atoms with Gasteiger partial charge < -0.3 is 9.47 Å². The van der Waals surface area contributed by atoms with Gasteiger partial charge in [0, 0.05) is 25.7 Å². The van der Waals surface area contributed by atoms with Gasteiger partial charge in [0.05, 0.1) is 23.0 Å². The molecule has 0 bridgehead atoms. The Morgan fingerprint density at radius 2 is 1.24 bits per heavy atom. The second kappa shape index (κ2) is 11.7. The fourth-order valence-electron chi connectivity index (χ4n) is 4.62. The molecule has 0 saturated carbocycles. The Kier molecular flexibility index (Phi) is 9.32. The minimum absolute atomic E-state index is 0.0693. The van der Waals surface area contributed by atoms with Gasteiger partial charge in [0.25, 0.3) is 0 Å². The van der Waals surface area contributed by atoms with Crippen LogP contribution in [0.3, 0.4) is 0 Å². The van der Waals surface area contributed by atoms with Crippen LogP contribution in [0.1, 0.15) is 71.4 Å². The van der Waals surface area contributed by atoms with Gasteiger partial charge in [-0.2, -0.15) is 8.61 Å². The van der Waals surface area contributed by atoms with Gasteiger partial charge in [0.15, 0.2) is 0 Å². The molecule has 3 rings (SSSR count). The molecular formula is C27H40N2O6S2. The van der Waals surface area contributed by atoms with Crippen molar-refractivity contribution in [2.45, 2.75) is 76.1 Å². The summed E-state index contributed by atoms with van der Waals surface area (Å²) in [5.41, 5.74) is 1.65. The lowest BCUT2D eigenvalue weighted by Gasteiger charge is -2.38. The van der Waals surface area contributed by atoms with Gasteiger partial charge in [0.1, 0.15) is 11.5 Å². The first-order valence-corrected chi connectivity index (χ1v) is 15.8. The molecule has 0 amide bonds. The molecule has 1 aliphatic heterocycles. The molecule has 1 heterocycles. The zero-order chi connectivity index (χ0) is 27.5. The molecule has 1 aliphatic rings. The first kappa shape index (κ1) is 29.4. The summed E-state index contributed by atoms with van der Waals surface area (Å²) >= 11 is 0. The monoisotopic (exact) mass is 552 g/mol. The van der Waals surface area contributed by atoms with Crippen molar-refractivity contribution in [3.05, 3.63) is 47.5 Å². The third-order valence-corrected chi connectivity index (χ3v) is 10.5. The number of sulfonamides is 2. The molecule has 0 radical (unpaired) electrons. The zero-order valence-electron chi connectivity index (χ0n) is 22.9. The van der Waals surface area contributed by atoms with E-state index in [1.165, 1.54) is 8.61 Å². The summed E-state index contributed by atoms with van der Waals surface area (Å²) in [6.45, 7) is 14.7. The molecule has 1 unspecified atom stereocenters. The Morgan fingerprint density at radius 1 is 0.784 bits per heavy atom. The molecule has 0 spiro atoms. The van der Waals surface area contributed by atoms with Crippen LogP contribution in [0.4, 0.5) is 0 Å². The maximum absolute atomic E-state index is 13.6. The molecule has 0 aromatic heterocycles. The van der Waals surface area contributed by atoms with Gasteiger partial charge in [-0.05, 0) is 80.1 Å². The SMILES string of the molecule is CCOc1ccc(S(=O)(=O)N2CCN(S(=O)(=O)c3ccc(OCC)c(C(C)C)c3)C(C)C2)cc1C(C)C. The molecule has 1 fully saturated rings. The highest BCUT2D eigenvalue weighted by Crippen LogP contribution is 2.33. The number of nitrogens with zero attached hydrogens (tertiary/aromatic N) is 2. The standard InChI is InChI=1S/C27H40N2O6S2/c1-8-34-26-12-10-22(16-24(26)19(3)4)36(30,31)28-14-15-29(21(7)18-28)37(32,33)23-11-13-27(35-9-2)25(17-23)20(5)6/h10-13,16-17,19-21H,8-9,14-15,18H2,1-7H3. The van der Waals surface area contributed by atoms with E-state index in [-0.39, 0.29) is 41.3 Å². The molecule has 10 heteroatoms. The summed E-state index contributed by atoms with van der Waals surface area (Å²) in [6.07, 6.45) is 0. The highest BCUT2D eigenvalue weighted by atomic mass is 32.2. The summed E-state index contributed by atoms with van der Waals surface area (Å²) < 4.78 is 68.4. The molecule has 0 N–H and O–H groups in total.